The van der Waals surface area contributed by atoms with Gasteiger partial charge in [-0.25, -0.2) is 9.97 Å². The Hall–Kier alpha value is -2.24. The standard InChI is InChI=1S/C14H17N5O/c1-9-6-10(7-13(20)18-9)8-17-12-3-2-11-14(19-12)16-5-4-15-11/h2-5,9-10H,6-8H2,1H3,(H,18,20)(H,16,17,19). The molecule has 2 aromatic heterocycles. The zero-order valence-electron chi connectivity index (χ0n) is 11.3. The van der Waals surface area contributed by atoms with E-state index >= 15 is 0 Å². The first kappa shape index (κ1) is 12.8. The highest BCUT2D eigenvalue weighted by Crippen LogP contribution is 2.18. The van der Waals surface area contributed by atoms with Crippen LogP contribution in [0.5, 0.6) is 0 Å². The van der Waals surface area contributed by atoms with Gasteiger partial charge in [0, 0.05) is 31.4 Å². The van der Waals surface area contributed by atoms with E-state index in [2.05, 4.69) is 25.6 Å². The fourth-order valence-electron chi connectivity index (χ4n) is 2.60. The van der Waals surface area contributed by atoms with E-state index in [0.717, 1.165) is 24.3 Å². The summed E-state index contributed by atoms with van der Waals surface area (Å²) in [6.07, 6.45) is 4.85. The number of carbonyl (C=O) groups is 1. The number of hydrogen-bond donors (Lipinski definition) is 2. The molecule has 2 N–H and O–H groups in total. The van der Waals surface area contributed by atoms with Gasteiger partial charge in [0.2, 0.25) is 5.91 Å². The molecule has 1 saturated heterocycles. The van der Waals surface area contributed by atoms with Gasteiger partial charge in [-0.2, -0.15) is 0 Å². The summed E-state index contributed by atoms with van der Waals surface area (Å²) in [5, 5.41) is 6.22. The lowest BCUT2D eigenvalue weighted by molar-refractivity contribution is -0.124. The molecule has 0 aliphatic carbocycles. The van der Waals surface area contributed by atoms with Crippen LogP contribution < -0.4 is 10.6 Å². The molecule has 3 heterocycles. The smallest absolute Gasteiger partial charge is 0.220 e. The van der Waals surface area contributed by atoms with Crippen molar-refractivity contribution in [1.29, 1.82) is 0 Å². The van der Waals surface area contributed by atoms with Crippen LogP contribution in [0.4, 0.5) is 5.82 Å². The largest absolute Gasteiger partial charge is 0.370 e. The fraction of sp³-hybridized carbons (Fsp3) is 0.429. The third kappa shape index (κ3) is 2.84. The van der Waals surface area contributed by atoms with Gasteiger partial charge in [-0.15, -0.1) is 0 Å². The quantitative estimate of drug-likeness (QED) is 0.881. The number of hydrogen-bond acceptors (Lipinski definition) is 5. The first-order valence-electron chi connectivity index (χ1n) is 6.82. The van der Waals surface area contributed by atoms with Crippen LogP contribution >= 0.6 is 0 Å². The summed E-state index contributed by atoms with van der Waals surface area (Å²) < 4.78 is 0. The molecule has 1 fully saturated rings. The van der Waals surface area contributed by atoms with Crippen LogP contribution in [-0.4, -0.2) is 33.4 Å². The van der Waals surface area contributed by atoms with Crippen molar-refractivity contribution in [2.24, 2.45) is 5.92 Å². The molecular formula is C14H17N5O. The zero-order valence-corrected chi connectivity index (χ0v) is 11.3. The van der Waals surface area contributed by atoms with E-state index in [-0.39, 0.29) is 11.9 Å². The van der Waals surface area contributed by atoms with E-state index in [1.807, 2.05) is 19.1 Å². The Balaban J connectivity index is 1.66. The van der Waals surface area contributed by atoms with Gasteiger partial charge in [-0.3, -0.25) is 9.78 Å². The molecule has 20 heavy (non-hydrogen) atoms. The van der Waals surface area contributed by atoms with Gasteiger partial charge in [0.1, 0.15) is 11.3 Å². The minimum atomic E-state index is 0.132. The highest BCUT2D eigenvalue weighted by atomic mass is 16.1. The van der Waals surface area contributed by atoms with Gasteiger partial charge in [0.15, 0.2) is 5.65 Å². The molecule has 0 bridgehead atoms. The maximum atomic E-state index is 11.5. The molecule has 0 spiro atoms. The van der Waals surface area contributed by atoms with Crippen molar-refractivity contribution in [2.75, 3.05) is 11.9 Å². The number of carbonyl (C=O) groups excluding carboxylic acids is 1. The van der Waals surface area contributed by atoms with Crippen LogP contribution in [0, 0.1) is 5.92 Å². The first-order valence-corrected chi connectivity index (χ1v) is 6.82. The lowest BCUT2D eigenvalue weighted by atomic mass is 9.93. The van der Waals surface area contributed by atoms with Crippen molar-refractivity contribution in [3.63, 3.8) is 0 Å². The normalized spacial score (nSPS) is 22.6. The number of aromatic nitrogens is 3. The minimum Gasteiger partial charge on any atom is -0.370 e. The van der Waals surface area contributed by atoms with Gasteiger partial charge in [0.25, 0.3) is 0 Å². The fourth-order valence-corrected chi connectivity index (χ4v) is 2.60. The summed E-state index contributed by atoms with van der Waals surface area (Å²) in [5.41, 5.74) is 1.41. The maximum Gasteiger partial charge on any atom is 0.220 e. The van der Waals surface area contributed by atoms with E-state index in [4.69, 9.17) is 0 Å². The molecule has 2 aromatic rings. The lowest BCUT2D eigenvalue weighted by Crippen LogP contribution is -2.42. The Morgan fingerprint density at radius 3 is 3.05 bits per heavy atom. The minimum absolute atomic E-state index is 0.132. The maximum absolute atomic E-state index is 11.5. The molecule has 104 valence electrons. The number of piperidine rings is 1. The highest BCUT2D eigenvalue weighted by molar-refractivity contribution is 5.77. The molecule has 1 aliphatic heterocycles. The van der Waals surface area contributed by atoms with Crippen LogP contribution in [0.1, 0.15) is 19.8 Å². The Morgan fingerprint density at radius 2 is 2.20 bits per heavy atom. The Labute approximate surface area is 117 Å². The number of anilines is 1. The summed E-state index contributed by atoms with van der Waals surface area (Å²) in [5.74, 6) is 1.25. The van der Waals surface area contributed by atoms with Crippen LogP contribution in [0.25, 0.3) is 11.2 Å². The number of fused-ring (bicyclic) bond motifs is 1. The van der Waals surface area contributed by atoms with E-state index in [1.165, 1.54) is 0 Å². The zero-order chi connectivity index (χ0) is 13.9. The number of rotatable bonds is 3. The Bertz CT molecular complexity index is 630. The van der Waals surface area contributed by atoms with Crippen LogP contribution in [0.2, 0.25) is 0 Å². The van der Waals surface area contributed by atoms with Crippen LogP contribution in [0.3, 0.4) is 0 Å². The second kappa shape index (κ2) is 5.40. The molecule has 0 radical (unpaired) electrons. The number of nitrogens with zero attached hydrogens (tertiary/aromatic N) is 3. The summed E-state index contributed by atoms with van der Waals surface area (Å²) >= 11 is 0. The summed E-state index contributed by atoms with van der Waals surface area (Å²) in [6, 6.07) is 4.04. The number of amides is 1. The van der Waals surface area contributed by atoms with Gasteiger partial charge < -0.3 is 10.6 Å². The Kier molecular flexibility index (Phi) is 3.45. The van der Waals surface area contributed by atoms with Crippen LogP contribution in [0.15, 0.2) is 24.5 Å². The summed E-state index contributed by atoms with van der Waals surface area (Å²) in [6.45, 7) is 2.78. The molecule has 0 aromatic carbocycles. The SMILES string of the molecule is CC1CC(CNc2ccc3nccnc3n2)CC(=O)N1. The topological polar surface area (TPSA) is 79.8 Å². The highest BCUT2D eigenvalue weighted by Gasteiger charge is 2.23. The lowest BCUT2D eigenvalue weighted by Gasteiger charge is -2.27. The van der Waals surface area contributed by atoms with Crippen LogP contribution in [-0.2, 0) is 4.79 Å². The predicted octanol–water partition coefficient (Wildman–Crippen LogP) is 1.35. The third-order valence-electron chi connectivity index (χ3n) is 3.47. The van der Waals surface area contributed by atoms with E-state index in [9.17, 15) is 4.79 Å². The van der Waals surface area contributed by atoms with Gasteiger partial charge in [-0.1, -0.05) is 0 Å². The second-order valence-electron chi connectivity index (χ2n) is 5.25. The molecule has 1 aliphatic rings. The second-order valence-corrected chi connectivity index (χ2v) is 5.25. The monoisotopic (exact) mass is 271 g/mol. The molecular weight excluding hydrogens is 254 g/mol. The van der Waals surface area contributed by atoms with Crippen molar-refractivity contribution < 1.29 is 4.79 Å². The van der Waals surface area contributed by atoms with E-state index < -0.39 is 0 Å². The molecule has 2 atom stereocenters. The number of pyridine rings is 1. The van der Waals surface area contributed by atoms with Gasteiger partial charge >= 0.3 is 0 Å². The Morgan fingerprint density at radius 1 is 1.35 bits per heavy atom. The van der Waals surface area contributed by atoms with Crippen molar-refractivity contribution >= 4 is 22.9 Å². The van der Waals surface area contributed by atoms with E-state index in [1.54, 1.807) is 12.4 Å². The third-order valence-corrected chi connectivity index (χ3v) is 3.47. The van der Waals surface area contributed by atoms with Gasteiger partial charge in [0.05, 0.1) is 0 Å². The van der Waals surface area contributed by atoms with Crippen molar-refractivity contribution in [2.45, 2.75) is 25.8 Å². The molecule has 0 saturated carbocycles. The predicted molar refractivity (Wildman–Crippen MR) is 76.2 cm³/mol. The molecule has 2 unspecified atom stereocenters. The molecule has 6 heteroatoms. The average Bonchev–Trinajstić information content (AvgIpc) is 2.44. The first-order chi connectivity index (χ1) is 9.70. The van der Waals surface area contributed by atoms with Gasteiger partial charge in [-0.05, 0) is 31.4 Å². The van der Waals surface area contributed by atoms with E-state index in [0.29, 0.717) is 18.0 Å². The average molecular weight is 271 g/mol. The summed E-state index contributed by atoms with van der Waals surface area (Å²) in [7, 11) is 0. The number of nitrogens with one attached hydrogen (secondary N) is 2. The molecule has 3 rings (SSSR count). The molecule has 1 amide bonds. The summed E-state index contributed by atoms with van der Waals surface area (Å²) in [4.78, 5) is 24.3. The van der Waals surface area contributed by atoms with Crippen molar-refractivity contribution in [1.82, 2.24) is 20.3 Å². The molecule has 6 nitrogen and oxygen atoms in total. The van der Waals surface area contributed by atoms with Crippen molar-refractivity contribution in [3.05, 3.63) is 24.5 Å². The van der Waals surface area contributed by atoms with Crippen molar-refractivity contribution in [3.8, 4) is 0 Å².